The number of aliphatic carboxylic acids is 1. The molecule has 1 saturated heterocycles. The number of nitrogens with zero attached hydrogens (tertiary/aromatic N) is 2. The molecule has 8 heteroatoms. The van der Waals surface area contributed by atoms with Gasteiger partial charge in [0.15, 0.2) is 0 Å². The van der Waals surface area contributed by atoms with Crippen LogP contribution in [-0.2, 0) is 16.1 Å². The molecule has 1 aromatic carbocycles. The van der Waals surface area contributed by atoms with Crippen LogP contribution in [0.25, 0.3) is 10.8 Å². The quantitative estimate of drug-likeness (QED) is 0.580. The van der Waals surface area contributed by atoms with Gasteiger partial charge in [-0.3, -0.25) is 14.4 Å². The third-order valence-corrected chi connectivity index (χ3v) is 5.79. The third-order valence-electron chi connectivity index (χ3n) is 5.79. The molecule has 168 valence electrons. The first-order valence-corrected chi connectivity index (χ1v) is 10.8. The lowest BCUT2D eigenvalue weighted by Crippen LogP contribution is -2.39. The van der Waals surface area contributed by atoms with Crippen LogP contribution in [0.4, 0.5) is 0 Å². The number of carboxylic acid groups (broad SMARTS) is 1. The molecule has 0 spiro atoms. The Morgan fingerprint density at radius 1 is 1.09 bits per heavy atom. The van der Waals surface area contributed by atoms with E-state index in [0.717, 1.165) is 23.6 Å². The standard InChI is InChI=1S/C24H26N2O6/c27-21-11-20(14-25-12-18-3-1-2-4-19(18)13-25)31-16-22(21)32-15-17-7-9-26(10-8-17)23(28)5-6-24(29)30/h1-4,11-13,16-17H,5-10,14-15H2,(H,29,30). The number of hydrogen-bond donors (Lipinski definition) is 1. The Kier molecular flexibility index (Phi) is 6.58. The molecule has 0 unspecified atom stereocenters. The molecule has 1 fully saturated rings. The molecule has 1 amide bonds. The molecule has 8 nitrogen and oxygen atoms in total. The van der Waals surface area contributed by atoms with Crippen LogP contribution in [0.1, 0.15) is 31.4 Å². The Morgan fingerprint density at radius 2 is 1.78 bits per heavy atom. The lowest BCUT2D eigenvalue weighted by Gasteiger charge is -2.31. The van der Waals surface area contributed by atoms with Crippen LogP contribution in [0.5, 0.6) is 5.75 Å². The molecule has 3 heterocycles. The molecular formula is C24H26N2O6. The van der Waals surface area contributed by atoms with Gasteiger partial charge < -0.3 is 23.7 Å². The fraction of sp³-hybridized carbons (Fsp3) is 0.375. The van der Waals surface area contributed by atoms with E-state index in [1.54, 1.807) is 4.90 Å². The zero-order chi connectivity index (χ0) is 22.5. The van der Waals surface area contributed by atoms with Crippen molar-refractivity contribution < 1.29 is 23.8 Å². The number of aromatic nitrogens is 1. The first-order valence-electron chi connectivity index (χ1n) is 10.8. The molecule has 1 aliphatic heterocycles. The van der Waals surface area contributed by atoms with Crippen molar-refractivity contribution >= 4 is 22.6 Å². The first kappa shape index (κ1) is 21.7. The van der Waals surface area contributed by atoms with Crippen molar-refractivity contribution in [2.45, 2.75) is 32.2 Å². The molecule has 0 radical (unpaired) electrons. The van der Waals surface area contributed by atoms with E-state index in [-0.39, 0.29) is 35.8 Å². The van der Waals surface area contributed by atoms with Crippen LogP contribution >= 0.6 is 0 Å². The average molecular weight is 438 g/mol. The van der Waals surface area contributed by atoms with Gasteiger partial charge in [-0.2, -0.15) is 0 Å². The monoisotopic (exact) mass is 438 g/mol. The maximum absolute atomic E-state index is 12.4. The Balaban J connectivity index is 1.27. The fourth-order valence-electron chi connectivity index (χ4n) is 3.97. The van der Waals surface area contributed by atoms with Crippen LogP contribution in [0.3, 0.4) is 0 Å². The molecule has 1 aliphatic rings. The zero-order valence-corrected chi connectivity index (χ0v) is 17.7. The molecular weight excluding hydrogens is 412 g/mol. The van der Waals surface area contributed by atoms with E-state index in [1.807, 2.05) is 41.2 Å². The smallest absolute Gasteiger partial charge is 0.303 e. The fourth-order valence-corrected chi connectivity index (χ4v) is 3.97. The summed E-state index contributed by atoms with van der Waals surface area (Å²) in [6.45, 7) is 1.99. The Hall–Kier alpha value is -3.55. The van der Waals surface area contributed by atoms with Crippen molar-refractivity contribution in [1.29, 1.82) is 0 Å². The molecule has 2 aromatic heterocycles. The second-order valence-corrected chi connectivity index (χ2v) is 8.16. The summed E-state index contributed by atoms with van der Waals surface area (Å²) in [6.07, 6.45) is 6.78. The van der Waals surface area contributed by atoms with Crippen molar-refractivity contribution in [2.24, 2.45) is 5.92 Å². The number of amides is 1. The van der Waals surface area contributed by atoms with Crippen LogP contribution in [0, 0.1) is 5.92 Å². The van der Waals surface area contributed by atoms with Gasteiger partial charge in [-0.05, 0) is 29.5 Å². The number of ether oxygens (including phenoxy) is 1. The van der Waals surface area contributed by atoms with E-state index in [9.17, 15) is 14.4 Å². The highest BCUT2D eigenvalue weighted by atomic mass is 16.5. The lowest BCUT2D eigenvalue weighted by molar-refractivity contribution is -0.141. The Bertz CT molecular complexity index is 1120. The van der Waals surface area contributed by atoms with Crippen molar-refractivity contribution in [3.63, 3.8) is 0 Å². The normalized spacial score (nSPS) is 14.6. The number of carbonyl (C=O) groups excluding carboxylic acids is 1. The largest absolute Gasteiger partial charge is 0.486 e. The van der Waals surface area contributed by atoms with Gasteiger partial charge >= 0.3 is 5.97 Å². The van der Waals surface area contributed by atoms with Crippen molar-refractivity contribution in [3.8, 4) is 5.75 Å². The SMILES string of the molecule is O=C(O)CCC(=O)N1CCC(COc2coc(Cn3cc4ccccc4c3)cc2=O)CC1. The minimum atomic E-state index is -0.965. The van der Waals surface area contributed by atoms with Gasteiger partial charge in [0, 0.05) is 38.0 Å². The molecule has 32 heavy (non-hydrogen) atoms. The zero-order valence-electron chi connectivity index (χ0n) is 17.7. The van der Waals surface area contributed by atoms with E-state index in [1.165, 1.54) is 12.3 Å². The molecule has 1 N–H and O–H groups in total. The third kappa shape index (κ3) is 5.38. The van der Waals surface area contributed by atoms with E-state index in [2.05, 4.69) is 0 Å². The van der Waals surface area contributed by atoms with Gasteiger partial charge in [0.05, 0.1) is 19.6 Å². The van der Waals surface area contributed by atoms with Crippen molar-refractivity contribution in [1.82, 2.24) is 9.47 Å². The van der Waals surface area contributed by atoms with Crippen LogP contribution in [0.2, 0.25) is 0 Å². The van der Waals surface area contributed by atoms with Gasteiger partial charge in [-0.15, -0.1) is 0 Å². The Labute approximate surface area is 185 Å². The van der Waals surface area contributed by atoms with Crippen LogP contribution in [-0.4, -0.2) is 46.1 Å². The predicted molar refractivity (Wildman–Crippen MR) is 118 cm³/mol. The molecule has 0 saturated carbocycles. The summed E-state index contributed by atoms with van der Waals surface area (Å²) >= 11 is 0. The summed E-state index contributed by atoms with van der Waals surface area (Å²) in [5.41, 5.74) is -0.218. The molecule has 4 rings (SSSR count). The number of rotatable bonds is 8. The first-order chi connectivity index (χ1) is 15.5. The molecule has 0 aliphatic carbocycles. The maximum atomic E-state index is 12.4. The highest BCUT2D eigenvalue weighted by Gasteiger charge is 2.23. The van der Waals surface area contributed by atoms with E-state index < -0.39 is 5.97 Å². The summed E-state index contributed by atoms with van der Waals surface area (Å²) < 4.78 is 13.3. The van der Waals surface area contributed by atoms with Gasteiger partial charge in [-0.1, -0.05) is 24.3 Å². The second-order valence-electron chi connectivity index (χ2n) is 8.16. The molecule has 0 bridgehead atoms. The summed E-state index contributed by atoms with van der Waals surface area (Å²) in [5, 5.41) is 11.0. The number of hydrogen-bond acceptors (Lipinski definition) is 5. The average Bonchev–Trinajstić information content (AvgIpc) is 3.19. The number of likely N-dealkylation sites (tertiary alicyclic amines) is 1. The number of benzene rings is 1. The van der Waals surface area contributed by atoms with Crippen LogP contribution in [0.15, 0.2) is 58.2 Å². The maximum Gasteiger partial charge on any atom is 0.303 e. The Morgan fingerprint density at radius 3 is 2.41 bits per heavy atom. The number of carboxylic acids is 1. The highest BCUT2D eigenvalue weighted by molar-refractivity contribution is 5.82. The van der Waals surface area contributed by atoms with Crippen molar-refractivity contribution in [3.05, 3.63) is 65.0 Å². The van der Waals surface area contributed by atoms with Crippen LogP contribution < -0.4 is 10.2 Å². The predicted octanol–water partition coefficient (Wildman–Crippen LogP) is 3.13. The summed E-state index contributed by atoms with van der Waals surface area (Å²) in [4.78, 5) is 36.8. The van der Waals surface area contributed by atoms with E-state index in [0.29, 0.717) is 32.0 Å². The summed E-state index contributed by atoms with van der Waals surface area (Å²) in [6, 6.07) is 9.51. The summed E-state index contributed by atoms with van der Waals surface area (Å²) in [5.74, 6) is -0.126. The van der Waals surface area contributed by atoms with E-state index in [4.69, 9.17) is 14.3 Å². The van der Waals surface area contributed by atoms with Gasteiger partial charge in [0.1, 0.15) is 12.0 Å². The van der Waals surface area contributed by atoms with E-state index >= 15 is 0 Å². The van der Waals surface area contributed by atoms with Gasteiger partial charge in [0.2, 0.25) is 17.1 Å². The topological polar surface area (TPSA) is 102 Å². The molecule has 0 atom stereocenters. The minimum absolute atomic E-state index is 0.0307. The number of piperidine rings is 1. The van der Waals surface area contributed by atoms with Crippen molar-refractivity contribution in [2.75, 3.05) is 19.7 Å². The van der Waals surface area contributed by atoms with Gasteiger partial charge in [0.25, 0.3) is 0 Å². The number of carbonyl (C=O) groups is 2. The summed E-state index contributed by atoms with van der Waals surface area (Å²) in [7, 11) is 0. The number of fused-ring (bicyclic) bond motifs is 1. The minimum Gasteiger partial charge on any atom is -0.486 e. The lowest BCUT2D eigenvalue weighted by atomic mass is 9.97. The van der Waals surface area contributed by atoms with Gasteiger partial charge in [-0.25, -0.2) is 0 Å². The second kappa shape index (κ2) is 9.72. The highest BCUT2D eigenvalue weighted by Crippen LogP contribution is 2.20. The molecule has 3 aromatic rings.